The number of hydrogen-bond donors (Lipinski definition) is 3. The Hall–Kier alpha value is -3.39. The van der Waals surface area contributed by atoms with Crippen molar-refractivity contribution in [3.05, 3.63) is 47.7 Å². The average molecular weight is 608 g/mol. The maximum atomic E-state index is 13.6. The second kappa shape index (κ2) is 11.8. The molecule has 0 atom stereocenters. The number of carbonyl (C=O) groups excluding carboxylic acids is 1. The van der Waals surface area contributed by atoms with E-state index in [0.717, 1.165) is 25.9 Å². The van der Waals surface area contributed by atoms with E-state index in [1.165, 1.54) is 14.2 Å². The predicted octanol–water partition coefficient (Wildman–Crippen LogP) is 2.91. The molecule has 8 nitrogen and oxygen atoms in total. The Morgan fingerprint density at radius 2 is 1.97 bits per heavy atom. The van der Waals surface area contributed by atoms with Gasteiger partial charge >= 0.3 is 225 Å². The molecule has 0 bridgehead atoms. The third-order valence-electron chi connectivity index (χ3n) is 6.62. The molecule has 4 rings (SSSR count). The molecule has 0 unspecified atom stereocenters. The van der Waals surface area contributed by atoms with E-state index in [4.69, 9.17) is 4.74 Å². The second-order valence-corrected chi connectivity index (χ2v) is 11.8. The summed E-state index contributed by atoms with van der Waals surface area (Å²) in [5.41, 5.74) is 1.36. The number of rotatable bonds is 7. The van der Waals surface area contributed by atoms with Crippen LogP contribution in [-0.4, -0.2) is 86.8 Å². The van der Waals surface area contributed by atoms with Crippen LogP contribution in [0.2, 0.25) is 0 Å². The molecule has 2 aromatic heterocycles. The quantitative estimate of drug-likeness (QED) is 0.283. The van der Waals surface area contributed by atoms with E-state index in [1.807, 2.05) is 6.07 Å². The summed E-state index contributed by atoms with van der Waals surface area (Å²) >= 11 is -1.82. The molecule has 3 N–H and O–H groups in total. The average Bonchev–Trinajstić information content (AvgIpc) is 3.24. The van der Waals surface area contributed by atoms with Gasteiger partial charge in [0.05, 0.1) is 0 Å². The number of methoxy groups -OCH3 is 1. The number of ether oxygens (including phenoxy) is 1. The summed E-state index contributed by atoms with van der Waals surface area (Å²) in [5.74, 6) is 6.59. The fourth-order valence-electron chi connectivity index (χ4n) is 4.38. The Labute approximate surface area is 231 Å². The van der Waals surface area contributed by atoms with Gasteiger partial charge in [0.2, 0.25) is 0 Å². The van der Waals surface area contributed by atoms with Crippen molar-refractivity contribution in [2.75, 3.05) is 51.5 Å². The molecule has 12 heteroatoms. The van der Waals surface area contributed by atoms with Crippen LogP contribution in [0.1, 0.15) is 35.8 Å². The minimum atomic E-state index is -4.35. The van der Waals surface area contributed by atoms with Gasteiger partial charge in [-0.3, -0.25) is 0 Å². The van der Waals surface area contributed by atoms with Crippen molar-refractivity contribution in [2.45, 2.75) is 30.4 Å². The molecule has 39 heavy (non-hydrogen) atoms. The monoisotopic (exact) mass is 608 g/mol. The molecule has 1 amide bonds. The molecule has 1 aromatic carbocycles. The van der Waals surface area contributed by atoms with Gasteiger partial charge in [-0.2, -0.15) is 0 Å². The first kappa shape index (κ1) is 28.6. The van der Waals surface area contributed by atoms with Crippen molar-refractivity contribution in [3.8, 4) is 17.6 Å². The Morgan fingerprint density at radius 3 is 2.64 bits per heavy atom. The first-order valence-electron chi connectivity index (χ1n) is 12.4. The summed E-state index contributed by atoms with van der Waals surface area (Å²) in [6.07, 6.45) is 1.82. The van der Waals surface area contributed by atoms with Crippen molar-refractivity contribution >= 4 is 42.3 Å². The van der Waals surface area contributed by atoms with Gasteiger partial charge in [0.25, 0.3) is 0 Å². The zero-order valence-corrected chi connectivity index (χ0v) is 23.9. The third kappa shape index (κ3) is 6.98. The van der Waals surface area contributed by atoms with E-state index in [9.17, 15) is 18.0 Å². The molecule has 0 saturated carbocycles. The number of likely N-dealkylation sites (tertiary alicyclic amines) is 1. The number of pyridine rings is 1. The number of amides is 1. The fraction of sp³-hybridized carbons (Fsp3) is 0.407. The number of hydrogen-bond acceptors (Lipinski definition) is 6. The Morgan fingerprint density at radius 1 is 1.23 bits per heavy atom. The summed E-state index contributed by atoms with van der Waals surface area (Å²) in [6.45, 7) is 4.14. The van der Waals surface area contributed by atoms with Crippen LogP contribution < -0.4 is 25.1 Å². The molecule has 0 aliphatic carbocycles. The number of nitrogens with one attached hydrogen (secondary N) is 3. The zero-order valence-electron chi connectivity index (χ0n) is 22.2. The van der Waals surface area contributed by atoms with Crippen LogP contribution in [0.5, 0.6) is 5.75 Å². The number of halogens is 3. The Balaban J connectivity index is 1.60. The van der Waals surface area contributed by atoms with E-state index >= 15 is 0 Å². The molecular formula is C27H31F3N6O2Se. The molecule has 1 aliphatic rings. The number of benzene rings is 1. The summed E-state index contributed by atoms with van der Waals surface area (Å²) in [6, 6.07) is 10.2. The number of nitrogens with zero attached hydrogens (tertiary/aromatic N) is 3. The van der Waals surface area contributed by atoms with Crippen LogP contribution in [-0.2, 0) is 0 Å². The SMILES string of the molecule is CNC(=O)c1ccc(NCC#Cc2nn3c(NC4(C)CCN(C)CC4)cccc3c2[Se]C(F)(F)F)c(OC)c1. The first-order chi connectivity index (χ1) is 18.5. The Kier molecular flexibility index (Phi) is 8.64. The van der Waals surface area contributed by atoms with Crippen LogP contribution in [0.25, 0.3) is 5.52 Å². The van der Waals surface area contributed by atoms with Crippen molar-refractivity contribution in [1.29, 1.82) is 0 Å². The molecule has 1 fully saturated rings. The van der Waals surface area contributed by atoms with Gasteiger partial charge in [0.15, 0.2) is 0 Å². The van der Waals surface area contributed by atoms with Crippen molar-refractivity contribution in [2.24, 2.45) is 0 Å². The third-order valence-corrected chi connectivity index (χ3v) is 8.37. The van der Waals surface area contributed by atoms with Gasteiger partial charge < -0.3 is 0 Å². The van der Waals surface area contributed by atoms with Crippen LogP contribution in [0.15, 0.2) is 36.4 Å². The number of fused-ring (bicyclic) bond motifs is 1. The van der Waals surface area contributed by atoms with E-state index in [-0.39, 0.29) is 28.1 Å². The predicted molar refractivity (Wildman–Crippen MR) is 147 cm³/mol. The normalized spacial score (nSPS) is 15.4. The van der Waals surface area contributed by atoms with Gasteiger partial charge in [-0.05, 0) is 0 Å². The van der Waals surface area contributed by atoms with Crippen LogP contribution >= 0.6 is 0 Å². The van der Waals surface area contributed by atoms with Gasteiger partial charge in [0, 0.05) is 7.05 Å². The topological polar surface area (TPSA) is 82.9 Å². The molecule has 0 spiro atoms. The molecule has 1 aliphatic heterocycles. The van der Waals surface area contributed by atoms with Gasteiger partial charge in [-0.15, -0.1) is 0 Å². The van der Waals surface area contributed by atoms with Gasteiger partial charge in [-0.25, -0.2) is 0 Å². The number of carbonyl (C=O) groups is 1. The summed E-state index contributed by atoms with van der Waals surface area (Å²) in [7, 11) is 5.10. The standard InChI is InChI=1S/C27H31F3N6O2Se/c1-26(12-15-35(3)16-13-26)33-23-9-5-8-21-24(39-27(28,29)30)20(34-36(21)23)7-6-14-32-19-11-10-18(25(37)31-2)17-22(19)38-4/h5,8-11,17,32-33H,12-16H2,1-4H3,(H,31,37). The molecule has 208 valence electrons. The van der Waals surface area contributed by atoms with E-state index in [0.29, 0.717) is 28.3 Å². The van der Waals surface area contributed by atoms with Gasteiger partial charge in [0.1, 0.15) is 0 Å². The van der Waals surface area contributed by atoms with E-state index in [2.05, 4.69) is 51.8 Å². The van der Waals surface area contributed by atoms with Gasteiger partial charge in [-0.1, -0.05) is 0 Å². The van der Waals surface area contributed by atoms with Crippen molar-refractivity contribution in [3.63, 3.8) is 0 Å². The summed E-state index contributed by atoms with van der Waals surface area (Å²) < 4.78 is 47.7. The molecular weight excluding hydrogens is 576 g/mol. The number of alkyl halides is 3. The first-order valence-corrected chi connectivity index (χ1v) is 14.1. The number of anilines is 2. The maximum absolute atomic E-state index is 13.6. The number of piperidine rings is 1. The minimum absolute atomic E-state index is 0.104. The number of aromatic nitrogens is 2. The van der Waals surface area contributed by atoms with E-state index < -0.39 is 20.0 Å². The molecule has 3 aromatic rings. The summed E-state index contributed by atoms with van der Waals surface area (Å²) in [5, 5.41) is 9.35. The van der Waals surface area contributed by atoms with Crippen LogP contribution in [0.3, 0.4) is 0 Å². The van der Waals surface area contributed by atoms with Crippen LogP contribution in [0.4, 0.5) is 24.7 Å². The molecule has 3 heterocycles. The molecule has 0 radical (unpaired) electrons. The Bertz CT molecular complexity index is 1400. The fourth-order valence-corrected chi connectivity index (χ4v) is 5.80. The van der Waals surface area contributed by atoms with Crippen molar-refractivity contribution in [1.82, 2.24) is 19.8 Å². The van der Waals surface area contributed by atoms with Crippen LogP contribution in [0, 0.1) is 11.8 Å². The molecule has 1 saturated heterocycles. The summed E-state index contributed by atoms with van der Waals surface area (Å²) in [4.78, 5) is 14.1. The second-order valence-electron chi connectivity index (χ2n) is 9.57. The van der Waals surface area contributed by atoms with Crippen molar-refractivity contribution < 1.29 is 22.7 Å². The zero-order chi connectivity index (χ0) is 28.2. The van der Waals surface area contributed by atoms with E-state index in [1.54, 1.807) is 34.8 Å².